The van der Waals surface area contributed by atoms with Crippen molar-refractivity contribution in [2.45, 2.75) is 40.5 Å². The van der Waals surface area contributed by atoms with E-state index in [9.17, 15) is 4.79 Å². The van der Waals surface area contributed by atoms with Gasteiger partial charge in [0.25, 0.3) is 0 Å². The number of ether oxygens (including phenoxy) is 3. The highest BCUT2D eigenvalue weighted by Gasteiger charge is 2.27. The van der Waals surface area contributed by atoms with Crippen molar-refractivity contribution in [2.24, 2.45) is 5.92 Å². The molecule has 2 aliphatic rings. The van der Waals surface area contributed by atoms with E-state index >= 15 is 0 Å². The lowest BCUT2D eigenvalue weighted by Gasteiger charge is -2.29. The lowest BCUT2D eigenvalue weighted by molar-refractivity contribution is -0.121. The molecule has 2 heterocycles. The van der Waals surface area contributed by atoms with Gasteiger partial charge in [-0.05, 0) is 51.0 Å². The van der Waals surface area contributed by atoms with Crippen LogP contribution in [0.1, 0.15) is 40.5 Å². The first-order valence-electron chi connectivity index (χ1n) is 9.56. The second-order valence-electron chi connectivity index (χ2n) is 7.06. The monoisotopic (exact) mass is 385 g/mol. The molecular weight excluding hydrogens is 354 g/mol. The third kappa shape index (κ3) is 5.65. The van der Waals surface area contributed by atoms with E-state index in [1.807, 2.05) is 45.1 Å². The molecule has 0 radical (unpaired) electrons. The highest BCUT2D eigenvalue weighted by molar-refractivity contribution is 5.81. The lowest BCUT2D eigenvalue weighted by atomic mass is 9.83. The van der Waals surface area contributed by atoms with Crippen LogP contribution in [0.2, 0.25) is 0 Å². The fourth-order valence-electron chi connectivity index (χ4n) is 3.21. The number of nitrogens with one attached hydrogen (secondary N) is 1. The van der Waals surface area contributed by atoms with Gasteiger partial charge in [0.1, 0.15) is 13.2 Å². The fourth-order valence-corrected chi connectivity index (χ4v) is 3.21. The number of allylic oxidation sites excluding steroid dienone is 8. The normalized spacial score (nSPS) is 23.4. The molecule has 0 saturated carbocycles. The van der Waals surface area contributed by atoms with Gasteiger partial charge in [-0.2, -0.15) is 0 Å². The summed E-state index contributed by atoms with van der Waals surface area (Å²) in [5.74, 6) is 2.04. The van der Waals surface area contributed by atoms with Crippen molar-refractivity contribution < 1.29 is 19.0 Å². The molecule has 1 fully saturated rings. The molecule has 0 bridgehead atoms. The number of carbonyl (C=O) groups is 1. The Morgan fingerprint density at radius 3 is 2.64 bits per heavy atom. The zero-order valence-corrected chi connectivity index (χ0v) is 17.6. The molecule has 5 heteroatoms. The molecular formula is C23H31NO4. The van der Waals surface area contributed by atoms with Crippen molar-refractivity contribution in [3.8, 4) is 0 Å². The van der Waals surface area contributed by atoms with E-state index in [1.165, 1.54) is 0 Å². The summed E-state index contributed by atoms with van der Waals surface area (Å²) in [6, 6.07) is 0. The van der Waals surface area contributed by atoms with E-state index in [2.05, 4.69) is 18.8 Å². The molecule has 1 atom stereocenters. The van der Waals surface area contributed by atoms with E-state index in [4.69, 9.17) is 14.2 Å². The molecule has 0 aromatic carbocycles. The third-order valence-electron chi connectivity index (χ3n) is 4.98. The Hall–Kier alpha value is -2.69. The molecule has 1 saturated heterocycles. The zero-order chi connectivity index (χ0) is 20.7. The molecule has 0 aliphatic carbocycles. The maximum atomic E-state index is 12.4. The first kappa shape index (κ1) is 21.6. The van der Waals surface area contributed by atoms with Crippen molar-refractivity contribution in [3.63, 3.8) is 0 Å². The van der Waals surface area contributed by atoms with Gasteiger partial charge in [0, 0.05) is 24.5 Å². The SMILES string of the molecule is C=C1OCCO/C1=C/C(=C\C)C1CC(=O)NC(C/C(C)=C/C=C(\C)OC)=C1C. The van der Waals surface area contributed by atoms with Crippen molar-refractivity contribution in [3.05, 3.63) is 70.6 Å². The number of methoxy groups -OCH3 is 1. The molecule has 0 aromatic rings. The summed E-state index contributed by atoms with van der Waals surface area (Å²) in [5.41, 5.74) is 4.29. The quantitative estimate of drug-likeness (QED) is 0.533. The minimum absolute atomic E-state index is 0.00336. The molecule has 0 aromatic heterocycles. The van der Waals surface area contributed by atoms with Crippen LogP contribution in [0.4, 0.5) is 0 Å². The van der Waals surface area contributed by atoms with Crippen LogP contribution < -0.4 is 5.32 Å². The van der Waals surface area contributed by atoms with E-state index in [1.54, 1.807) is 7.11 Å². The zero-order valence-electron chi connectivity index (χ0n) is 17.6. The second-order valence-corrected chi connectivity index (χ2v) is 7.06. The smallest absolute Gasteiger partial charge is 0.225 e. The lowest BCUT2D eigenvalue weighted by Crippen LogP contribution is -2.33. The first-order valence-corrected chi connectivity index (χ1v) is 9.56. The summed E-state index contributed by atoms with van der Waals surface area (Å²) < 4.78 is 16.3. The summed E-state index contributed by atoms with van der Waals surface area (Å²) in [6.45, 7) is 12.9. The molecule has 1 N–H and O–H groups in total. The molecule has 1 amide bonds. The predicted molar refractivity (Wildman–Crippen MR) is 111 cm³/mol. The summed E-state index contributed by atoms with van der Waals surface area (Å²) >= 11 is 0. The van der Waals surface area contributed by atoms with Crippen LogP contribution >= 0.6 is 0 Å². The predicted octanol–water partition coefficient (Wildman–Crippen LogP) is 4.67. The number of amides is 1. The highest BCUT2D eigenvalue weighted by Crippen LogP contribution is 2.33. The number of rotatable bonds is 6. The van der Waals surface area contributed by atoms with E-state index < -0.39 is 0 Å². The maximum absolute atomic E-state index is 12.4. The molecule has 2 aliphatic heterocycles. The van der Waals surface area contributed by atoms with Crippen molar-refractivity contribution in [1.29, 1.82) is 0 Å². The third-order valence-corrected chi connectivity index (χ3v) is 4.98. The van der Waals surface area contributed by atoms with Crippen molar-refractivity contribution >= 4 is 5.91 Å². The van der Waals surface area contributed by atoms with Gasteiger partial charge in [-0.1, -0.05) is 24.3 Å². The van der Waals surface area contributed by atoms with Gasteiger partial charge in [0.15, 0.2) is 11.5 Å². The number of carbonyl (C=O) groups excluding carboxylic acids is 1. The largest absolute Gasteiger partial charge is 0.501 e. The molecule has 28 heavy (non-hydrogen) atoms. The Morgan fingerprint density at radius 1 is 1.29 bits per heavy atom. The van der Waals surface area contributed by atoms with Crippen LogP contribution in [0.15, 0.2) is 70.6 Å². The Bertz CT molecular complexity index is 780. The number of hydrogen-bond donors (Lipinski definition) is 1. The minimum atomic E-state index is 0.00336. The summed E-state index contributed by atoms with van der Waals surface area (Å²) in [7, 11) is 1.65. The van der Waals surface area contributed by atoms with Gasteiger partial charge in [0.2, 0.25) is 5.91 Å². The van der Waals surface area contributed by atoms with Gasteiger partial charge < -0.3 is 19.5 Å². The summed E-state index contributed by atoms with van der Waals surface area (Å²) in [5, 5.41) is 3.05. The fraction of sp³-hybridized carbons (Fsp3) is 0.435. The number of hydrogen-bond acceptors (Lipinski definition) is 4. The molecule has 2 rings (SSSR count). The standard InChI is InChI=1S/C23H31NO4/c1-7-19(13-22-18(5)27-10-11-28-22)20-14-23(25)24-21(17(20)4)12-15(2)8-9-16(3)26-6/h7-9,13,20H,5,10-12,14H2,1-4,6H3,(H,24,25)/b15-8+,16-9+,19-7+,22-13+. The summed E-state index contributed by atoms with van der Waals surface area (Å²) in [4.78, 5) is 12.4. The van der Waals surface area contributed by atoms with Gasteiger partial charge >= 0.3 is 0 Å². The van der Waals surface area contributed by atoms with E-state index in [-0.39, 0.29) is 11.8 Å². The molecule has 1 unspecified atom stereocenters. The minimum Gasteiger partial charge on any atom is -0.501 e. The average Bonchev–Trinajstić information content (AvgIpc) is 2.68. The summed E-state index contributed by atoms with van der Waals surface area (Å²) in [6.07, 6.45) is 9.01. The maximum Gasteiger partial charge on any atom is 0.225 e. The Labute approximate surface area is 168 Å². The van der Waals surface area contributed by atoms with Crippen molar-refractivity contribution in [2.75, 3.05) is 20.3 Å². The topological polar surface area (TPSA) is 56.8 Å². The van der Waals surface area contributed by atoms with Crippen LogP contribution in [-0.2, 0) is 19.0 Å². The Balaban J connectivity index is 2.28. The van der Waals surface area contributed by atoms with Crippen LogP contribution in [0, 0.1) is 5.92 Å². The van der Waals surface area contributed by atoms with Crippen molar-refractivity contribution in [1.82, 2.24) is 5.32 Å². The molecule has 0 spiro atoms. The van der Waals surface area contributed by atoms with Gasteiger partial charge in [-0.3, -0.25) is 4.79 Å². The first-order chi connectivity index (χ1) is 13.3. The van der Waals surface area contributed by atoms with Crippen LogP contribution in [0.25, 0.3) is 0 Å². The van der Waals surface area contributed by atoms with Gasteiger partial charge in [-0.15, -0.1) is 0 Å². The van der Waals surface area contributed by atoms with Crippen LogP contribution in [0.5, 0.6) is 0 Å². The Kier molecular flexibility index (Phi) is 7.73. The molecule has 5 nitrogen and oxygen atoms in total. The van der Waals surface area contributed by atoms with E-state index in [0.29, 0.717) is 37.6 Å². The van der Waals surface area contributed by atoms with Crippen LogP contribution in [-0.4, -0.2) is 26.2 Å². The average molecular weight is 386 g/mol. The molecule has 152 valence electrons. The van der Waals surface area contributed by atoms with Crippen LogP contribution in [0.3, 0.4) is 0 Å². The Morgan fingerprint density at radius 2 is 2.00 bits per heavy atom. The van der Waals surface area contributed by atoms with Gasteiger partial charge in [-0.25, -0.2) is 0 Å². The second kappa shape index (κ2) is 10.0. The highest BCUT2D eigenvalue weighted by atomic mass is 16.6. The van der Waals surface area contributed by atoms with Gasteiger partial charge in [0.05, 0.1) is 12.9 Å². The van der Waals surface area contributed by atoms with E-state index in [0.717, 1.165) is 28.2 Å².